The number of hydrogen-bond acceptors (Lipinski definition) is 4. The molecule has 0 unspecified atom stereocenters. The van der Waals surface area contributed by atoms with Crippen molar-refractivity contribution in [2.24, 2.45) is 0 Å². The van der Waals surface area contributed by atoms with Crippen LogP contribution in [0.2, 0.25) is 0 Å². The lowest BCUT2D eigenvalue weighted by molar-refractivity contribution is -0.114. The SMILES string of the molecule is CN1C(=O)C(=Cc2cccc(F)c2)C(=O)c2cc(C(=O)NCc3ccncc3)ccc21. The van der Waals surface area contributed by atoms with E-state index >= 15 is 0 Å². The van der Waals surface area contributed by atoms with Crippen molar-refractivity contribution < 1.29 is 18.8 Å². The number of nitrogens with zero attached hydrogens (tertiary/aromatic N) is 2. The lowest BCUT2D eigenvalue weighted by atomic mass is 9.92. The number of Topliss-reactive ketones (excluding diaryl/α,β-unsaturated/α-hetero) is 1. The van der Waals surface area contributed by atoms with Crippen molar-refractivity contribution in [3.05, 3.63) is 101 Å². The van der Waals surface area contributed by atoms with Crippen molar-refractivity contribution >= 4 is 29.4 Å². The summed E-state index contributed by atoms with van der Waals surface area (Å²) in [4.78, 5) is 43.7. The zero-order valence-electron chi connectivity index (χ0n) is 16.6. The topological polar surface area (TPSA) is 79.4 Å². The van der Waals surface area contributed by atoms with Gasteiger partial charge in [0, 0.05) is 37.1 Å². The Labute approximate surface area is 178 Å². The number of pyridine rings is 1. The third kappa shape index (κ3) is 4.11. The van der Waals surface area contributed by atoms with Crippen LogP contribution in [-0.2, 0) is 11.3 Å². The maximum Gasteiger partial charge on any atom is 0.262 e. The molecule has 0 radical (unpaired) electrons. The number of carbonyl (C=O) groups is 3. The number of halogens is 1. The third-order valence-corrected chi connectivity index (χ3v) is 5.01. The van der Waals surface area contributed by atoms with Crippen molar-refractivity contribution in [3.63, 3.8) is 0 Å². The summed E-state index contributed by atoms with van der Waals surface area (Å²) >= 11 is 0. The highest BCUT2D eigenvalue weighted by Gasteiger charge is 2.33. The van der Waals surface area contributed by atoms with Crippen LogP contribution in [0.15, 0.2) is 72.6 Å². The Hall–Kier alpha value is -4.13. The maximum atomic E-state index is 13.5. The van der Waals surface area contributed by atoms with E-state index in [-0.39, 0.29) is 17.0 Å². The van der Waals surface area contributed by atoms with Gasteiger partial charge in [-0.05, 0) is 59.7 Å². The fraction of sp³-hybridized carbons (Fsp3) is 0.0833. The zero-order chi connectivity index (χ0) is 22.0. The minimum atomic E-state index is -0.508. The van der Waals surface area contributed by atoms with Crippen LogP contribution in [0.1, 0.15) is 31.8 Å². The molecule has 31 heavy (non-hydrogen) atoms. The molecular weight excluding hydrogens is 397 g/mol. The quantitative estimate of drug-likeness (QED) is 0.523. The lowest BCUT2D eigenvalue weighted by Gasteiger charge is -2.27. The number of amides is 2. The van der Waals surface area contributed by atoms with Crippen LogP contribution in [0.4, 0.5) is 10.1 Å². The molecule has 2 aromatic carbocycles. The van der Waals surface area contributed by atoms with Gasteiger partial charge in [-0.25, -0.2) is 4.39 Å². The van der Waals surface area contributed by atoms with Crippen molar-refractivity contribution in [1.82, 2.24) is 10.3 Å². The van der Waals surface area contributed by atoms with Crippen molar-refractivity contribution in [1.29, 1.82) is 0 Å². The molecule has 4 rings (SSSR count). The first-order valence-corrected chi connectivity index (χ1v) is 9.55. The molecule has 0 aliphatic carbocycles. The number of benzene rings is 2. The summed E-state index contributed by atoms with van der Waals surface area (Å²) in [6, 6.07) is 13.8. The van der Waals surface area contributed by atoms with E-state index in [1.807, 2.05) is 0 Å². The Morgan fingerprint density at radius 2 is 1.87 bits per heavy atom. The van der Waals surface area contributed by atoms with E-state index in [0.29, 0.717) is 23.4 Å². The second-order valence-electron chi connectivity index (χ2n) is 7.08. The van der Waals surface area contributed by atoms with Crippen molar-refractivity contribution in [3.8, 4) is 0 Å². The number of hydrogen-bond donors (Lipinski definition) is 1. The molecule has 7 heteroatoms. The van der Waals surface area contributed by atoms with E-state index in [4.69, 9.17) is 0 Å². The third-order valence-electron chi connectivity index (χ3n) is 5.01. The monoisotopic (exact) mass is 415 g/mol. The summed E-state index contributed by atoms with van der Waals surface area (Å²) in [7, 11) is 1.55. The van der Waals surface area contributed by atoms with Gasteiger partial charge in [0.25, 0.3) is 11.8 Å². The number of aromatic nitrogens is 1. The second kappa shape index (κ2) is 8.31. The summed E-state index contributed by atoms with van der Waals surface area (Å²) < 4.78 is 13.5. The van der Waals surface area contributed by atoms with E-state index < -0.39 is 17.5 Å². The molecule has 0 fully saturated rings. The molecule has 2 amide bonds. The Balaban J connectivity index is 1.63. The Morgan fingerprint density at radius 1 is 1.10 bits per heavy atom. The molecule has 3 aromatic rings. The van der Waals surface area contributed by atoms with Gasteiger partial charge in [-0.2, -0.15) is 0 Å². The normalized spacial score (nSPS) is 14.5. The van der Waals surface area contributed by atoms with Crippen LogP contribution in [0, 0.1) is 5.82 Å². The van der Waals surface area contributed by atoms with Gasteiger partial charge in [-0.1, -0.05) is 12.1 Å². The molecule has 1 aliphatic rings. The smallest absolute Gasteiger partial charge is 0.262 e. The lowest BCUT2D eigenvalue weighted by Crippen LogP contribution is -2.37. The number of likely N-dealkylation sites (N-methyl/N-ethyl adjacent to an activating group) is 1. The summed E-state index contributed by atoms with van der Waals surface area (Å²) in [6.45, 7) is 0.315. The summed E-state index contributed by atoms with van der Waals surface area (Å²) in [6.07, 6.45) is 4.64. The van der Waals surface area contributed by atoms with Gasteiger partial charge in [0.1, 0.15) is 5.82 Å². The highest BCUT2D eigenvalue weighted by Crippen LogP contribution is 2.31. The van der Waals surface area contributed by atoms with Crippen LogP contribution in [0.25, 0.3) is 6.08 Å². The molecule has 1 aliphatic heterocycles. The van der Waals surface area contributed by atoms with Crippen LogP contribution < -0.4 is 10.2 Å². The molecule has 1 aromatic heterocycles. The maximum absolute atomic E-state index is 13.5. The number of rotatable bonds is 4. The molecule has 2 heterocycles. The predicted octanol–water partition coefficient (Wildman–Crippen LogP) is 3.39. The van der Waals surface area contributed by atoms with E-state index in [9.17, 15) is 18.8 Å². The Morgan fingerprint density at radius 3 is 2.61 bits per heavy atom. The zero-order valence-corrected chi connectivity index (χ0v) is 16.6. The standard InChI is InChI=1S/C24H18FN3O3/c1-28-21-6-5-17(23(30)27-14-15-7-9-26-10-8-15)13-19(21)22(29)20(24(28)31)12-16-3-2-4-18(25)11-16/h2-13H,14H2,1H3,(H,27,30). The molecule has 0 spiro atoms. The predicted molar refractivity (Wildman–Crippen MR) is 114 cm³/mol. The number of carbonyl (C=O) groups excluding carboxylic acids is 3. The molecule has 0 saturated heterocycles. The van der Waals surface area contributed by atoms with E-state index in [2.05, 4.69) is 10.3 Å². The number of ketones is 1. The molecule has 154 valence electrons. The summed E-state index contributed by atoms with van der Waals surface area (Å²) in [5.74, 6) is -1.81. The molecule has 6 nitrogen and oxygen atoms in total. The van der Waals surface area contributed by atoms with Gasteiger partial charge < -0.3 is 10.2 Å². The average molecular weight is 415 g/mol. The Bertz CT molecular complexity index is 1220. The van der Waals surface area contributed by atoms with Gasteiger partial charge >= 0.3 is 0 Å². The van der Waals surface area contributed by atoms with Crippen LogP contribution in [0.3, 0.4) is 0 Å². The van der Waals surface area contributed by atoms with E-state index in [0.717, 1.165) is 5.56 Å². The second-order valence-corrected chi connectivity index (χ2v) is 7.08. The Kier molecular flexibility index (Phi) is 5.41. The van der Waals surface area contributed by atoms with Crippen molar-refractivity contribution in [2.75, 3.05) is 11.9 Å². The van der Waals surface area contributed by atoms with Crippen LogP contribution >= 0.6 is 0 Å². The van der Waals surface area contributed by atoms with Crippen LogP contribution in [0.5, 0.6) is 0 Å². The molecule has 0 bridgehead atoms. The summed E-state index contributed by atoms with van der Waals surface area (Å²) in [5.41, 5.74) is 2.16. The van der Waals surface area contributed by atoms with Crippen molar-refractivity contribution in [2.45, 2.75) is 6.54 Å². The number of fused-ring (bicyclic) bond motifs is 1. The van der Waals surface area contributed by atoms with Gasteiger partial charge in [0.2, 0.25) is 5.78 Å². The number of anilines is 1. The van der Waals surface area contributed by atoms with E-state index in [1.165, 1.54) is 35.2 Å². The van der Waals surface area contributed by atoms with Gasteiger partial charge in [-0.15, -0.1) is 0 Å². The first kappa shape index (κ1) is 20.2. The van der Waals surface area contributed by atoms with Gasteiger partial charge in [0.15, 0.2) is 0 Å². The summed E-state index contributed by atoms with van der Waals surface area (Å²) in [5, 5.41) is 2.80. The molecule has 0 saturated carbocycles. The highest BCUT2D eigenvalue weighted by atomic mass is 19.1. The highest BCUT2D eigenvalue weighted by molar-refractivity contribution is 6.36. The number of nitrogens with one attached hydrogen (secondary N) is 1. The van der Waals surface area contributed by atoms with E-state index in [1.54, 1.807) is 49.8 Å². The molecular formula is C24H18FN3O3. The minimum Gasteiger partial charge on any atom is -0.348 e. The van der Waals surface area contributed by atoms with Crippen LogP contribution in [-0.4, -0.2) is 29.6 Å². The average Bonchev–Trinajstić information content (AvgIpc) is 2.79. The molecule has 1 N–H and O–H groups in total. The first-order chi connectivity index (χ1) is 14.9. The fourth-order valence-corrected chi connectivity index (χ4v) is 3.36. The van der Waals surface area contributed by atoms with Gasteiger partial charge in [0.05, 0.1) is 11.3 Å². The molecule has 0 atom stereocenters. The first-order valence-electron chi connectivity index (χ1n) is 9.55. The fourth-order valence-electron chi connectivity index (χ4n) is 3.36. The largest absolute Gasteiger partial charge is 0.348 e. The minimum absolute atomic E-state index is 0.0880. The van der Waals surface area contributed by atoms with Gasteiger partial charge in [-0.3, -0.25) is 19.4 Å².